The molecule has 1 aliphatic rings. The van der Waals surface area contributed by atoms with E-state index in [0.29, 0.717) is 11.6 Å². The fourth-order valence-electron chi connectivity index (χ4n) is 1.72. The summed E-state index contributed by atoms with van der Waals surface area (Å²) in [7, 11) is 0. The zero-order valence-electron chi connectivity index (χ0n) is 9.09. The van der Waals surface area contributed by atoms with Crippen LogP contribution < -0.4 is 5.32 Å². The lowest BCUT2D eigenvalue weighted by molar-refractivity contribution is 0.557. The van der Waals surface area contributed by atoms with Crippen LogP contribution in [0.2, 0.25) is 0 Å². The average molecular weight is 225 g/mol. The topological polar surface area (TPSA) is 12.0 Å². The molecule has 3 heteroatoms. The fourth-order valence-corrected chi connectivity index (χ4v) is 3.11. The van der Waals surface area contributed by atoms with Crippen LogP contribution >= 0.6 is 11.8 Å². The van der Waals surface area contributed by atoms with Gasteiger partial charge in [0.25, 0.3) is 0 Å². The zero-order chi connectivity index (χ0) is 10.8. The third-order valence-corrected chi connectivity index (χ3v) is 4.18. The Kier molecular flexibility index (Phi) is 3.32. The normalized spacial score (nSPS) is 25.8. The predicted octanol–water partition coefficient (Wildman–Crippen LogP) is 3.25. The van der Waals surface area contributed by atoms with Crippen molar-refractivity contribution in [3.8, 4) is 0 Å². The third kappa shape index (κ3) is 2.34. The molecule has 1 aromatic rings. The van der Waals surface area contributed by atoms with Crippen LogP contribution in [-0.4, -0.2) is 11.8 Å². The molecular formula is C12H16FNS. The van der Waals surface area contributed by atoms with E-state index in [4.69, 9.17) is 0 Å². The van der Waals surface area contributed by atoms with Crippen molar-refractivity contribution in [1.29, 1.82) is 0 Å². The van der Waals surface area contributed by atoms with Gasteiger partial charge in [-0.2, -0.15) is 0 Å². The second-order valence-electron chi connectivity index (χ2n) is 3.99. The maximum absolute atomic E-state index is 13.4. The molecule has 15 heavy (non-hydrogen) atoms. The molecule has 0 amide bonds. The van der Waals surface area contributed by atoms with Crippen LogP contribution in [0.25, 0.3) is 0 Å². The van der Waals surface area contributed by atoms with Crippen LogP contribution in [0.3, 0.4) is 0 Å². The van der Waals surface area contributed by atoms with E-state index >= 15 is 0 Å². The number of benzene rings is 1. The molecule has 0 aromatic heterocycles. The molecule has 1 fully saturated rings. The second kappa shape index (κ2) is 4.54. The van der Waals surface area contributed by atoms with Gasteiger partial charge in [0.1, 0.15) is 5.82 Å². The highest BCUT2D eigenvalue weighted by Gasteiger charge is 2.24. The van der Waals surface area contributed by atoms with Gasteiger partial charge in [-0.15, -0.1) is 11.8 Å². The molecule has 1 saturated heterocycles. The quantitative estimate of drug-likeness (QED) is 0.829. The van der Waals surface area contributed by atoms with E-state index in [1.165, 1.54) is 0 Å². The molecule has 1 N–H and O–H groups in total. The third-order valence-electron chi connectivity index (χ3n) is 2.84. The van der Waals surface area contributed by atoms with Crippen molar-refractivity contribution in [3.63, 3.8) is 0 Å². The van der Waals surface area contributed by atoms with Gasteiger partial charge in [0.15, 0.2) is 0 Å². The number of aryl methyl sites for hydroxylation is 1. The number of hydrogen-bond acceptors (Lipinski definition) is 2. The second-order valence-corrected chi connectivity index (χ2v) is 5.13. The summed E-state index contributed by atoms with van der Waals surface area (Å²) >= 11 is 1.86. The molecule has 1 heterocycles. The molecule has 0 radical (unpaired) electrons. The summed E-state index contributed by atoms with van der Waals surface area (Å²) in [6, 6.07) is 6.09. The van der Waals surface area contributed by atoms with Crippen LogP contribution in [0.4, 0.5) is 4.39 Å². The van der Waals surface area contributed by atoms with Crippen molar-refractivity contribution in [2.75, 3.05) is 5.75 Å². The molecule has 2 unspecified atom stereocenters. The van der Waals surface area contributed by atoms with Gasteiger partial charge in [-0.05, 0) is 30.5 Å². The number of halogens is 1. The smallest absolute Gasteiger partial charge is 0.126 e. The first kappa shape index (κ1) is 11.0. The SMILES string of the molecule is CCC1CSC(c2ccc(C)c(F)c2)N1. The first-order valence-corrected chi connectivity index (χ1v) is 6.39. The molecular weight excluding hydrogens is 209 g/mol. The van der Waals surface area contributed by atoms with E-state index in [2.05, 4.69) is 12.2 Å². The van der Waals surface area contributed by atoms with Crippen molar-refractivity contribution in [2.45, 2.75) is 31.7 Å². The molecule has 0 aliphatic carbocycles. The molecule has 2 atom stereocenters. The van der Waals surface area contributed by atoms with Gasteiger partial charge in [0.05, 0.1) is 5.37 Å². The van der Waals surface area contributed by atoms with Gasteiger partial charge in [-0.25, -0.2) is 4.39 Å². The molecule has 82 valence electrons. The van der Waals surface area contributed by atoms with E-state index in [9.17, 15) is 4.39 Å². The first-order chi connectivity index (χ1) is 7.20. The van der Waals surface area contributed by atoms with Crippen molar-refractivity contribution in [1.82, 2.24) is 5.32 Å². The van der Waals surface area contributed by atoms with E-state index in [1.807, 2.05) is 23.9 Å². The summed E-state index contributed by atoms with van der Waals surface area (Å²) < 4.78 is 13.4. The van der Waals surface area contributed by atoms with Crippen molar-refractivity contribution >= 4 is 11.8 Å². The zero-order valence-corrected chi connectivity index (χ0v) is 9.90. The standard InChI is InChI=1S/C12H16FNS/c1-3-10-7-15-12(14-10)9-5-4-8(2)11(13)6-9/h4-6,10,12,14H,3,7H2,1-2H3. The lowest BCUT2D eigenvalue weighted by atomic mass is 10.1. The van der Waals surface area contributed by atoms with Crippen molar-refractivity contribution in [2.24, 2.45) is 0 Å². The molecule has 1 aromatic carbocycles. The van der Waals surface area contributed by atoms with E-state index < -0.39 is 0 Å². The average Bonchev–Trinajstić information content (AvgIpc) is 2.70. The number of rotatable bonds is 2. The largest absolute Gasteiger partial charge is 0.298 e. The molecule has 0 saturated carbocycles. The van der Waals surface area contributed by atoms with Crippen LogP contribution in [-0.2, 0) is 0 Å². The summed E-state index contributed by atoms with van der Waals surface area (Å²) in [6.07, 6.45) is 1.14. The summed E-state index contributed by atoms with van der Waals surface area (Å²) in [4.78, 5) is 0. The molecule has 1 aliphatic heterocycles. The predicted molar refractivity (Wildman–Crippen MR) is 63.6 cm³/mol. The Morgan fingerprint density at radius 2 is 2.33 bits per heavy atom. The highest BCUT2D eigenvalue weighted by atomic mass is 32.2. The van der Waals surface area contributed by atoms with Crippen LogP contribution in [0.5, 0.6) is 0 Å². The molecule has 0 spiro atoms. The summed E-state index contributed by atoms with van der Waals surface area (Å²) in [5.74, 6) is 1.02. The van der Waals surface area contributed by atoms with Crippen LogP contribution in [0, 0.1) is 12.7 Å². The minimum Gasteiger partial charge on any atom is -0.298 e. The van der Waals surface area contributed by atoms with Gasteiger partial charge in [-0.1, -0.05) is 19.1 Å². The monoisotopic (exact) mass is 225 g/mol. The van der Waals surface area contributed by atoms with Gasteiger partial charge >= 0.3 is 0 Å². The van der Waals surface area contributed by atoms with Crippen LogP contribution in [0.15, 0.2) is 18.2 Å². The highest BCUT2D eigenvalue weighted by Crippen LogP contribution is 2.33. The maximum Gasteiger partial charge on any atom is 0.126 e. The van der Waals surface area contributed by atoms with Gasteiger partial charge in [-0.3, -0.25) is 5.32 Å². The van der Waals surface area contributed by atoms with E-state index in [0.717, 1.165) is 17.7 Å². The van der Waals surface area contributed by atoms with E-state index in [1.54, 1.807) is 13.0 Å². The van der Waals surface area contributed by atoms with E-state index in [-0.39, 0.29) is 11.2 Å². The lowest BCUT2D eigenvalue weighted by Crippen LogP contribution is -2.24. The summed E-state index contributed by atoms with van der Waals surface area (Å²) in [5.41, 5.74) is 1.77. The Morgan fingerprint density at radius 3 is 2.93 bits per heavy atom. The Morgan fingerprint density at radius 1 is 1.53 bits per heavy atom. The minimum absolute atomic E-state index is 0.102. The lowest BCUT2D eigenvalue weighted by Gasteiger charge is -2.12. The Hall–Kier alpha value is -0.540. The van der Waals surface area contributed by atoms with Crippen molar-refractivity contribution in [3.05, 3.63) is 35.1 Å². The number of hydrogen-bond donors (Lipinski definition) is 1. The summed E-state index contributed by atoms with van der Waals surface area (Å²) in [6.45, 7) is 3.97. The summed E-state index contributed by atoms with van der Waals surface area (Å²) in [5, 5.41) is 3.77. The Bertz CT molecular complexity index is 353. The fraction of sp³-hybridized carbons (Fsp3) is 0.500. The van der Waals surface area contributed by atoms with Gasteiger partial charge in [0, 0.05) is 11.8 Å². The number of thioether (sulfide) groups is 1. The highest BCUT2D eigenvalue weighted by molar-refractivity contribution is 7.99. The molecule has 1 nitrogen and oxygen atoms in total. The molecule has 0 bridgehead atoms. The van der Waals surface area contributed by atoms with Gasteiger partial charge < -0.3 is 0 Å². The Balaban J connectivity index is 2.13. The maximum atomic E-state index is 13.4. The van der Waals surface area contributed by atoms with Crippen LogP contribution in [0.1, 0.15) is 29.8 Å². The first-order valence-electron chi connectivity index (χ1n) is 5.34. The Labute approximate surface area is 94.5 Å². The molecule has 2 rings (SSSR count). The number of nitrogens with one attached hydrogen (secondary N) is 1. The minimum atomic E-state index is -0.102. The van der Waals surface area contributed by atoms with Crippen molar-refractivity contribution < 1.29 is 4.39 Å². The van der Waals surface area contributed by atoms with Gasteiger partial charge in [0.2, 0.25) is 0 Å².